The van der Waals surface area contributed by atoms with Gasteiger partial charge < -0.3 is 10.2 Å². The van der Waals surface area contributed by atoms with E-state index in [0.717, 1.165) is 35.0 Å². The van der Waals surface area contributed by atoms with Gasteiger partial charge in [-0.05, 0) is 39.7 Å². The summed E-state index contributed by atoms with van der Waals surface area (Å²) in [6.45, 7) is 2.87. The fourth-order valence-electron chi connectivity index (χ4n) is 3.90. The van der Waals surface area contributed by atoms with Crippen LogP contribution in [0.15, 0.2) is 0 Å². The van der Waals surface area contributed by atoms with Crippen LogP contribution in [0, 0.1) is 6.92 Å². The Balaban J connectivity index is 1.62. The molecule has 0 amide bonds. The lowest BCUT2D eigenvalue weighted by molar-refractivity contribution is 0.0482. The van der Waals surface area contributed by atoms with Gasteiger partial charge in [0, 0.05) is 37.3 Å². The highest BCUT2D eigenvalue weighted by Crippen LogP contribution is 2.32. The van der Waals surface area contributed by atoms with Crippen molar-refractivity contribution in [3.05, 3.63) is 16.4 Å². The molecule has 2 aliphatic heterocycles. The first kappa shape index (κ1) is 14.4. The molecule has 0 aliphatic carbocycles. The number of halogens is 1. The summed E-state index contributed by atoms with van der Waals surface area (Å²) in [7, 11) is 4.20. The Morgan fingerprint density at radius 3 is 2.45 bits per heavy atom. The standard InChI is InChI=1S/C15H25ClN4/c1-10-14(15(16)20(3)18-10)9-17-11-7-12-5-4-6-13(8-11)19(12)2/h11-13,17H,4-9H2,1-3H3. The maximum atomic E-state index is 6.30. The highest BCUT2D eigenvalue weighted by atomic mass is 35.5. The molecule has 2 aliphatic rings. The summed E-state index contributed by atoms with van der Waals surface area (Å²) in [6.07, 6.45) is 6.66. The van der Waals surface area contributed by atoms with E-state index in [0.29, 0.717) is 6.04 Å². The molecule has 1 N–H and O–H groups in total. The van der Waals surface area contributed by atoms with E-state index in [1.54, 1.807) is 4.68 Å². The van der Waals surface area contributed by atoms with Crippen molar-refractivity contribution in [3.8, 4) is 0 Å². The monoisotopic (exact) mass is 296 g/mol. The molecule has 2 bridgehead atoms. The highest BCUT2D eigenvalue weighted by Gasteiger charge is 2.35. The molecule has 0 aromatic carbocycles. The second-order valence-electron chi connectivity index (χ2n) is 6.43. The SMILES string of the molecule is Cc1nn(C)c(Cl)c1CNC1CC2CCCC(C1)N2C. The fourth-order valence-corrected chi connectivity index (χ4v) is 4.14. The van der Waals surface area contributed by atoms with Gasteiger partial charge >= 0.3 is 0 Å². The van der Waals surface area contributed by atoms with Crippen molar-refractivity contribution in [2.24, 2.45) is 7.05 Å². The van der Waals surface area contributed by atoms with Crippen molar-refractivity contribution in [2.45, 2.75) is 63.7 Å². The van der Waals surface area contributed by atoms with Crippen LogP contribution in [0.4, 0.5) is 0 Å². The molecule has 2 unspecified atom stereocenters. The lowest BCUT2D eigenvalue weighted by Crippen LogP contribution is -2.54. The number of hydrogen-bond acceptors (Lipinski definition) is 3. The number of aromatic nitrogens is 2. The first-order valence-corrected chi connectivity index (χ1v) is 8.07. The predicted octanol–water partition coefficient (Wildman–Crippen LogP) is 2.49. The van der Waals surface area contributed by atoms with E-state index in [1.807, 2.05) is 14.0 Å². The zero-order valence-corrected chi connectivity index (χ0v) is 13.5. The molecule has 0 radical (unpaired) electrons. The normalized spacial score (nSPS) is 30.7. The summed E-state index contributed by atoms with van der Waals surface area (Å²) in [5, 5.41) is 8.86. The molecule has 20 heavy (non-hydrogen) atoms. The molecule has 2 saturated heterocycles. The van der Waals surface area contributed by atoms with Gasteiger partial charge in [-0.15, -0.1) is 0 Å². The topological polar surface area (TPSA) is 33.1 Å². The smallest absolute Gasteiger partial charge is 0.131 e. The Labute approximate surface area is 126 Å². The van der Waals surface area contributed by atoms with Crippen LogP contribution in [0.5, 0.6) is 0 Å². The number of hydrogen-bond donors (Lipinski definition) is 1. The van der Waals surface area contributed by atoms with Gasteiger partial charge in [0.2, 0.25) is 0 Å². The van der Waals surface area contributed by atoms with Crippen LogP contribution in [-0.4, -0.2) is 39.9 Å². The second-order valence-corrected chi connectivity index (χ2v) is 6.79. The first-order chi connectivity index (χ1) is 9.56. The van der Waals surface area contributed by atoms with E-state index in [-0.39, 0.29) is 0 Å². The number of rotatable bonds is 3. The third-order valence-electron chi connectivity index (χ3n) is 5.18. The van der Waals surface area contributed by atoms with Crippen LogP contribution in [0.1, 0.15) is 43.4 Å². The summed E-state index contributed by atoms with van der Waals surface area (Å²) < 4.78 is 1.76. The largest absolute Gasteiger partial charge is 0.310 e. The first-order valence-electron chi connectivity index (χ1n) is 7.69. The number of piperidine rings is 2. The number of aryl methyl sites for hydroxylation is 2. The van der Waals surface area contributed by atoms with Crippen molar-refractivity contribution in [2.75, 3.05) is 7.05 Å². The molecular weight excluding hydrogens is 272 g/mol. The van der Waals surface area contributed by atoms with Crippen LogP contribution in [-0.2, 0) is 13.6 Å². The molecule has 0 spiro atoms. The Morgan fingerprint density at radius 2 is 1.90 bits per heavy atom. The molecule has 3 rings (SSSR count). The van der Waals surface area contributed by atoms with Gasteiger partial charge in [-0.25, -0.2) is 0 Å². The minimum atomic E-state index is 0.622. The van der Waals surface area contributed by atoms with Crippen molar-refractivity contribution in [1.29, 1.82) is 0 Å². The van der Waals surface area contributed by atoms with Crippen molar-refractivity contribution in [1.82, 2.24) is 20.0 Å². The van der Waals surface area contributed by atoms with E-state index < -0.39 is 0 Å². The van der Waals surface area contributed by atoms with Crippen LogP contribution < -0.4 is 5.32 Å². The van der Waals surface area contributed by atoms with E-state index in [9.17, 15) is 0 Å². The van der Waals surface area contributed by atoms with Gasteiger partial charge in [0.1, 0.15) is 5.15 Å². The fraction of sp³-hybridized carbons (Fsp3) is 0.800. The van der Waals surface area contributed by atoms with Gasteiger partial charge in [-0.1, -0.05) is 18.0 Å². The van der Waals surface area contributed by atoms with Crippen LogP contribution in [0.25, 0.3) is 0 Å². The van der Waals surface area contributed by atoms with E-state index in [4.69, 9.17) is 11.6 Å². The molecule has 0 saturated carbocycles. The average Bonchev–Trinajstić information content (AvgIpc) is 2.62. The Kier molecular flexibility index (Phi) is 4.07. The van der Waals surface area contributed by atoms with Crippen molar-refractivity contribution >= 4 is 11.6 Å². The van der Waals surface area contributed by atoms with Gasteiger partial charge in [-0.3, -0.25) is 4.68 Å². The Hall–Kier alpha value is -0.580. The van der Waals surface area contributed by atoms with Gasteiger partial charge in [0.15, 0.2) is 0 Å². The third-order valence-corrected chi connectivity index (χ3v) is 5.65. The quantitative estimate of drug-likeness (QED) is 0.930. The van der Waals surface area contributed by atoms with Crippen molar-refractivity contribution < 1.29 is 0 Å². The number of fused-ring (bicyclic) bond motifs is 2. The molecule has 3 heterocycles. The summed E-state index contributed by atoms with van der Waals surface area (Å²) in [5.41, 5.74) is 2.19. The lowest BCUT2D eigenvalue weighted by Gasteiger charge is -2.47. The van der Waals surface area contributed by atoms with Crippen LogP contribution in [0.3, 0.4) is 0 Å². The molecule has 2 fully saturated rings. The van der Waals surface area contributed by atoms with E-state index >= 15 is 0 Å². The average molecular weight is 297 g/mol. The Bertz CT molecular complexity index is 470. The molecule has 4 nitrogen and oxygen atoms in total. The maximum Gasteiger partial charge on any atom is 0.131 e. The predicted molar refractivity (Wildman–Crippen MR) is 82.0 cm³/mol. The van der Waals surface area contributed by atoms with Crippen molar-refractivity contribution in [3.63, 3.8) is 0 Å². The van der Waals surface area contributed by atoms with Gasteiger partial charge in [0.05, 0.1) is 5.69 Å². The minimum absolute atomic E-state index is 0.622. The maximum absolute atomic E-state index is 6.30. The molecule has 112 valence electrons. The summed E-state index contributed by atoms with van der Waals surface area (Å²) in [6, 6.07) is 2.16. The summed E-state index contributed by atoms with van der Waals surface area (Å²) in [5.74, 6) is 0. The highest BCUT2D eigenvalue weighted by molar-refractivity contribution is 6.30. The molecule has 1 aromatic rings. The third kappa shape index (κ3) is 2.61. The minimum Gasteiger partial charge on any atom is -0.310 e. The molecule has 2 atom stereocenters. The zero-order chi connectivity index (χ0) is 14.3. The Morgan fingerprint density at radius 1 is 1.25 bits per heavy atom. The second kappa shape index (κ2) is 5.66. The number of nitrogens with zero attached hydrogens (tertiary/aromatic N) is 3. The van der Waals surface area contributed by atoms with Crippen LogP contribution in [0.2, 0.25) is 5.15 Å². The summed E-state index contributed by atoms with van der Waals surface area (Å²) in [4.78, 5) is 2.60. The van der Waals surface area contributed by atoms with E-state index in [2.05, 4.69) is 22.4 Å². The number of nitrogens with one attached hydrogen (secondary N) is 1. The molecule has 5 heteroatoms. The lowest BCUT2D eigenvalue weighted by atomic mass is 9.82. The van der Waals surface area contributed by atoms with Crippen LogP contribution >= 0.6 is 11.6 Å². The van der Waals surface area contributed by atoms with Gasteiger partial charge in [-0.2, -0.15) is 5.10 Å². The van der Waals surface area contributed by atoms with E-state index in [1.165, 1.54) is 32.1 Å². The molecular formula is C15H25ClN4. The summed E-state index contributed by atoms with van der Waals surface area (Å²) >= 11 is 6.30. The zero-order valence-electron chi connectivity index (χ0n) is 12.7. The molecule has 1 aromatic heterocycles. The van der Waals surface area contributed by atoms with Gasteiger partial charge in [0.25, 0.3) is 0 Å².